The molecule has 0 saturated heterocycles. The van der Waals surface area contributed by atoms with Crippen LogP contribution in [0, 0.1) is 0 Å². The topological polar surface area (TPSA) is 60.0 Å². The molecule has 2 saturated carbocycles. The number of rotatable bonds is 4. The maximum Gasteiger partial charge on any atom is 0.267 e. The lowest BCUT2D eigenvalue weighted by atomic mass is 9.78. The Morgan fingerprint density at radius 2 is 2.22 bits per heavy atom. The van der Waals surface area contributed by atoms with E-state index in [-0.39, 0.29) is 11.4 Å². The molecule has 2 aliphatic carbocycles. The molecule has 1 amide bonds. The monoisotopic (exact) mass is 247 g/mol. The zero-order valence-corrected chi connectivity index (χ0v) is 10.7. The van der Waals surface area contributed by atoms with Crippen LogP contribution in [0.4, 0.5) is 0 Å². The van der Waals surface area contributed by atoms with Gasteiger partial charge in [0.15, 0.2) is 0 Å². The molecule has 2 aliphatic rings. The van der Waals surface area contributed by atoms with Crippen molar-refractivity contribution in [2.24, 2.45) is 5.73 Å². The number of hydrogen-bond donors (Lipinski definition) is 2. The van der Waals surface area contributed by atoms with E-state index in [4.69, 9.17) is 5.73 Å². The van der Waals surface area contributed by atoms with Gasteiger partial charge in [0.1, 0.15) is 5.69 Å². The highest BCUT2D eigenvalue weighted by atomic mass is 16.1. The first-order chi connectivity index (χ1) is 8.68. The van der Waals surface area contributed by atoms with E-state index in [0.717, 1.165) is 18.5 Å². The average Bonchev–Trinajstić information content (AvgIpc) is 2.70. The zero-order chi connectivity index (χ0) is 12.6. The van der Waals surface area contributed by atoms with E-state index < -0.39 is 0 Å². The van der Waals surface area contributed by atoms with Crippen LogP contribution in [0.2, 0.25) is 0 Å². The third-order valence-corrected chi connectivity index (χ3v) is 4.43. The van der Waals surface area contributed by atoms with E-state index in [9.17, 15) is 4.79 Å². The predicted octanol–water partition coefficient (Wildman–Crippen LogP) is 1.82. The van der Waals surface area contributed by atoms with Crippen molar-refractivity contribution in [2.45, 2.75) is 50.1 Å². The van der Waals surface area contributed by atoms with E-state index in [2.05, 4.69) is 9.88 Å². The summed E-state index contributed by atoms with van der Waals surface area (Å²) in [4.78, 5) is 12.2. The summed E-state index contributed by atoms with van der Waals surface area (Å²) >= 11 is 0. The van der Waals surface area contributed by atoms with Crippen molar-refractivity contribution < 1.29 is 4.79 Å². The lowest BCUT2D eigenvalue weighted by Crippen LogP contribution is -2.55. The standard InChI is InChI=1S/C14H21N3O/c15-14(7-3-8-14)10-16-13(18)12-6-2-9-17(12)11-4-1-5-11/h2,6,9,11H,1,3-5,7-8,10,15H2,(H,16,18). The fraction of sp³-hybridized carbons (Fsp3) is 0.643. The third kappa shape index (κ3) is 2.05. The van der Waals surface area contributed by atoms with Crippen LogP contribution in [-0.4, -0.2) is 22.6 Å². The molecule has 18 heavy (non-hydrogen) atoms. The molecule has 4 heteroatoms. The highest BCUT2D eigenvalue weighted by molar-refractivity contribution is 5.92. The van der Waals surface area contributed by atoms with Gasteiger partial charge in [-0.3, -0.25) is 4.79 Å². The molecular weight excluding hydrogens is 226 g/mol. The average molecular weight is 247 g/mol. The summed E-state index contributed by atoms with van der Waals surface area (Å²) in [5.74, 6) is 0.0172. The summed E-state index contributed by atoms with van der Waals surface area (Å²) < 4.78 is 2.11. The Balaban J connectivity index is 1.63. The van der Waals surface area contributed by atoms with Crippen LogP contribution in [-0.2, 0) is 0 Å². The lowest BCUT2D eigenvalue weighted by Gasteiger charge is -2.38. The quantitative estimate of drug-likeness (QED) is 0.852. The smallest absolute Gasteiger partial charge is 0.267 e. The maximum atomic E-state index is 12.2. The number of hydrogen-bond acceptors (Lipinski definition) is 2. The van der Waals surface area contributed by atoms with Crippen LogP contribution in [0.25, 0.3) is 0 Å². The minimum absolute atomic E-state index is 0.0172. The van der Waals surface area contributed by atoms with Gasteiger partial charge < -0.3 is 15.6 Å². The number of nitrogens with zero attached hydrogens (tertiary/aromatic N) is 1. The zero-order valence-electron chi connectivity index (χ0n) is 10.7. The highest BCUT2D eigenvalue weighted by Crippen LogP contribution is 2.33. The van der Waals surface area contributed by atoms with Gasteiger partial charge in [-0.15, -0.1) is 0 Å². The molecular formula is C14H21N3O. The van der Waals surface area contributed by atoms with Crippen molar-refractivity contribution in [1.29, 1.82) is 0 Å². The van der Waals surface area contributed by atoms with Crippen molar-refractivity contribution in [1.82, 2.24) is 9.88 Å². The summed E-state index contributed by atoms with van der Waals surface area (Å²) in [5.41, 5.74) is 6.75. The van der Waals surface area contributed by atoms with Crippen molar-refractivity contribution in [3.05, 3.63) is 24.0 Å². The molecule has 0 aromatic carbocycles. The van der Waals surface area contributed by atoms with Crippen molar-refractivity contribution in [3.63, 3.8) is 0 Å². The molecule has 1 aromatic rings. The lowest BCUT2D eigenvalue weighted by molar-refractivity contribution is 0.0914. The van der Waals surface area contributed by atoms with Gasteiger partial charge in [0.2, 0.25) is 0 Å². The van der Waals surface area contributed by atoms with Gasteiger partial charge >= 0.3 is 0 Å². The number of amides is 1. The molecule has 2 fully saturated rings. The SMILES string of the molecule is NC1(CNC(=O)c2cccn2C2CCC2)CCC1. The van der Waals surface area contributed by atoms with Gasteiger partial charge in [-0.1, -0.05) is 0 Å². The second-order valence-corrected chi connectivity index (χ2v) is 5.78. The van der Waals surface area contributed by atoms with E-state index in [1.807, 2.05) is 18.3 Å². The normalized spacial score (nSPS) is 22.1. The fourth-order valence-corrected chi connectivity index (χ4v) is 2.72. The van der Waals surface area contributed by atoms with Gasteiger partial charge in [-0.2, -0.15) is 0 Å². The van der Waals surface area contributed by atoms with Crippen LogP contribution in [0.3, 0.4) is 0 Å². The van der Waals surface area contributed by atoms with Crippen LogP contribution in [0.1, 0.15) is 55.1 Å². The van der Waals surface area contributed by atoms with E-state index in [0.29, 0.717) is 12.6 Å². The maximum absolute atomic E-state index is 12.2. The molecule has 3 N–H and O–H groups in total. The summed E-state index contributed by atoms with van der Waals surface area (Å²) in [6.07, 6.45) is 8.90. The van der Waals surface area contributed by atoms with Gasteiger partial charge in [0, 0.05) is 24.3 Å². The third-order valence-electron chi connectivity index (χ3n) is 4.43. The number of nitrogens with one attached hydrogen (secondary N) is 1. The van der Waals surface area contributed by atoms with Gasteiger partial charge in [-0.05, 0) is 50.7 Å². The number of nitrogens with two attached hydrogens (primary N) is 1. The molecule has 0 spiro atoms. The summed E-state index contributed by atoms with van der Waals surface area (Å²) in [6.45, 7) is 0.599. The molecule has 0 aliphatic heterocycles. The Hall–Kier alpha value is -1.29. The Morgan fingerprint density at radius 3 is 2.78 bits per heavy atom. The molecule has 1 heterocycles. The molecule has 4 nitrogen and oxygen atoms in total. The largest absolute Gasteiger partial charge is 0.349 e. The van der Waals surface area contributed by atoms with Gasteiger partial charge in [-0.25, -0.2) is 0 Å². The Morgan fingerprint density at radius 1 is 1.44 bits per heavy atom. The van der Waals surface area contributed by atoms with Gasteiger partial charge in [0.25, 0.3) is 5.91 Å². The number of carbonyl (C=O) groups is 1. The summed E-state index contributed by atoms with van der Waals surface area (Å²) in [6, 6.07) is 4.38. The molecule has 1 aromatic heterocycles. The van der Waals surface area contributed by atoms with Crippen molar-refractivity contribution in [2.75, 3.05) is 6.54 Å². The first-order valence-corrected chi connectivity index (χ1v) is 6.92. The second kappa shape index (κ2) is 4.43. The molecule has 0 atom stereocenters. The van der Waals surface area contributed by atoms with E-state index in [1.54, 1.807) is 0 Å². The Bertz CT molecular complexity index is 444. The summed E-state index contributed by atoms with van der Waals surface area (Å²) in [7, 11) is 0. The van der Waals surface area contributed by atoms with Crippen LogP contribution in [0.15, 0.2) is 18.3 Å². The van der Waals surface area contributed by atoms with Crippen molar-refractivity contribution in [3.8, 4) is 0 Å². The molecule has 0 unspecified atom stereocenters. The number of carbonyl (C=O) groups excluding carboxylic acids is 1. The summed E-state index contributed by atoms with van der Waals surface area (Å²) in [5, 5.41) is 2.99. The highest BCUT2D eigenvalue weighted by Gasteiger charge is 2.33. The molecule has 0 bridgehead atoms. The second-order valence-electron chi connectivity index (χ2n) is 5.78. The Labute approximate surface area is 108 Å². The van der Waals surface area contributed by atoms with Crippen LogP contribution >= 0.6 is 0 Å². The predicted molar refractivity (Wildman–Crippen MR) is 70.4 cm³/mol. The Kier molecular flexibility index (Phi) is 2.90. The van der Waals surface area contributed by atoms with Crippen molar-refractivity contribution >= 4 is 5.91 Å². The minimum Gasteiger partial charge on any atom is -0.349 e. The molecule has 3 rings (SSSR count). The first-order valence-electron chi connectivity index (χ1n) is 6.92. The van der Waals surface area contributed by atoms with E-state index in [1.165, 1.54) is 25.7 Å². The first kappa shape index (κ1) is 11.8. The van der Waals surface area contributed by atoms with Gasteiger partial charge in [0.05, 0.1) is 0 Å². The minimum atomic E-state index is -0.149. The number of aromatic nitrogens is 1. The van der Waals surface area contributed by atoms with Crippen LogP contribution < -0.4 is 11.1 Å². The fourth-order valence-electron chi connectivity index (χ4n) is 2.72. The van der Waals surface area contributed by atoms with E-state index >= 15 is 0 Å². The van der Waals surface area contributed by atoms with Crippen LogP contribution in [0.5, 0.6) is 0 Å². The molecule has 0 radical (unpaired) electrons. The molecule has 98 valence electrons.